The van der Waals surface area contributed by atoms with Gasteiger partial charge < -0.3 is 5.11 Å². The number of aryl methyl sites for hydroxylation is 2. The number of hydrogen-bond donors (Lipinski definition) is 1. The summed E-state index contributed by atoms with van der Waals surface area (Å²) >= 11 is 0. The van der Waals surface area contributed by atoms with Crippen molar-refractivity contribution >= 4 is 5.97 Å². The van der Waals surface area contributed by atoms with E-state index in [9.17, 15) is 4.79 Å². The smallest absolute Gasteiger partial charge is 0.303 e. The molecule has 1 N–H and O–H groups in total. The molecule has 0 bridgehead atoms. The van der Waals surface area contributed by atoms with Crippen molar-refractivity contribution in [2.24, 2.45) is 0 Å². The van der Waals surface area contributed by atoms with Gasteiger partial charge in [0, 0.05) is 18.8 Å². The fraction of sp³-hybridized carbons (Fsp3) is 0.400. The predicted octanol–water partition coefficient (Wildman–Crippen LogP) is 1.66. The van der Waals surface area contributed by atoms with Crippen molar-refractivity contribution in [1.29, 1.82) is 0 Å². The Hall–Kier alpha value is -1.38. The average molecular weight is 179 g/mol. The lowest BCUT2D eigenvalue weighted by Gasteiger charge is -2.04. The molecule has 0 saturated heterocycles. The number of carboxylic acid groups (broad SMARTS) is 1. The third-order valence-corrected chi connectivity index (χ3v) is 1.99. The molecule has 0 atom stereocenters. The summed E-state index contributed by atoms with van der Waals surface area (Å²) in [6.07, 6.45) is 5.20. The summed E-state index contributed by atoms with van der Waals surface area (Å²) in [5.74, 6) is -0.751. The minimum atomic E-state index is -0.751. The van der Waals surface area contributed by atoms with Crippen LogP contribution in [-0.2, 0) is 17.6 Å². The number of nitrogens with zero attached hydrogens (tertiary/aromatic N) is 1. The summed E-state index contributed by atoms with van der Waals surface area (Å²) in [7, 11) is 0. The first-order valence-corrected chi connectivity index (χ1v) is 4.37. The van der Waals surface area contributed by atoms with Crippen molar-refractivity contribution in [3.8, 4) is 0 Å². The van der Waals surface area contributed by atoms with E-state index in [4.69, 9.17) is 5.11 Å². The van der Waals surface area contributed by atoms with Gasteiger partial charge >= 0.3 is 5.97 Å². The topological polar surface area (TPSA) is 50.2 Å². The molecule has 1 rings (SSSR count). The normalized spacial score (nSPS) is 9.92. The van der Waals surface area contributed by atoms with Crippen LogP contribution in [0.5, 0.6) is 0 Å². The van der Waals surface area contributed by atoms with Gasteiger partial charge in [-0.2, -0.15) is 0 Å². The van der Waals surface area contributed by atoms with E-state index in [2.05, 4.69) is 4.98 Å². The summed E-state index contributed by atoms with van der Waals surface area (Å²) < 4.78 is 0. The van der Waals surface area contributed by atoms with Crippen LogP contribution >= 0.6 is 0 Å². The molecule has 0 saturated carbocycles. The number of rotatable bonds is 4. The predicted molar refractivity (Wildman–Crippen MR) is 49.6 cm³/mol. The first-order chi connectivity index (χ1) is 6.24. The van der Waals surface area contributed by atoms with Crippen molar-refractivity contribution in [3.63, 3.8) is 0 Å². The second-order valence-electron chi connectivity index (χ2n) is 2.89. The molecule has 0 unspecified atom stereocenters. The zero-order chi connectivity index (χ0) is 9.68. The van der Waals surface area contributed by atoms with Crippen LogP contribution in [-0.4, -0.2) is 16.1 Å². The van der Waals surface area contributed by atoms with Crippen LogP contribution in [0, 0.1) is 0 Å². The first-order valence-electron chi connectivity index (χ1n) is 4.37. The Balaban J connectivity index is 2.69. The van der Waals surface area contributed by atoms with Crippen molar-refractivity contribution in [3.05, 3.63) is 29.6 Å². The van der Waals surface area contributed by atoms with Crippen molar-refractivity contribution < 1.29 is 9.90 Å². The van der Waals surface area contributed by atoms with Crippen LogP contribution in [0.15, 0.2) is 18.5 Å². The number of pyridine rings is 1. The average Bonchev–Trinajstić information content (AvgIpc) is 2.15. The second-order valence-corrected chi connectivity index (χ2v) is 2.89. The molecule has 1 heterocycles. The highest BCUT2D eigenvalue weighted by molar-refractivity contribution is 5.67. The van der Waals surface area contributed by atoms with E-state index in [1.165, 1.54) is 0 Å². The molecule has 0 amide bonds. The van der Waals surface area contributed by atoms with Crippen molar-refractivity contribution in [2.45, 2.75) is 26.2 Å². The van der Waals surface area contributed by atoms with Crippen LogP contribution in [0.25, 0.3) is 0 Å². The quantitative estimate of drug-likeness (QED) is 0.764. The number of aliphatic carboxylic acids is 1. The highest BCUT2D eigenvalue weighted by Crippen LogP contribution is 2.09. The first kappa shape index (κ1) is 9.71. The molecule has 0 aliphatic carbocycles. The van der Waals surface area contributed by atoms with E-state index in [-0.39, 0.29) is 6.42 Å². The van der Waals surface area contributed by atoms with Gasteiger partial charge in [0.1, 0.15) is 0 Å². The second kappa shape index (κ2) is 4.60. The zero-order valence-electron chi connectivity index (χ0n) is 7.66. The Bertz CT molecular complexity index is 297. The van der Waals surface area contributed by atoms with Gasteiger partial charge in [-0.15, -0.1) is 0 Å². The molecular formula is C10H13NO2. The molecule has 70 valence electrons. The summed E-state index contributed by atoms with van der Waals surface area (Å²) in [4.78, 5) is 14.4. The molecule has 0 aromatic carbocycles. The Morgan fingerprint density at radius 1 is 1.54 bits per heavy atom. The van der Waals surface area contributed by atoms with E-state index in [1.807, 2.05) is 13.0 Å². The van der Waals surface area contributed by atoms with Gasteiger partial charge in [-0.3, -0.25) is 9.78 Å². The van der Waals surface area contributed by atoms with Gasteiger partial charge in [0.2, 0.25) is 0 Å². The molecule has 13 heavy (non-hydrogen) atoms. The van der Waals surface area contributed by atoms with Crippen LogP contribution < -0.4 is 0 Å². The maximum atomic E-state index is 10.4. The summed E-state index contributed by atoms with van der Waals surface area (Å²) in [5.41, 5.74) is 2.24. The van der Waals surface area contributed by atoms with Gasteiger partial charge in [-0.1, -0.05) is 6.92 Å². The zero-order valence-corrected chi connectivity index (χ0v) is 7.66. The minimum Gasteiger partial charge on any atom is -0.481 e. The van der Waals surface area contributed by atoms with Gasteiger partial charge in [0.05, 0.1) is 0 Å². The monoisotopic (exact) mass is 179 g/mol. The molecular weight excluding hydrogens is 166 g/mol. The highest BCUT2D eigenvalue weighted by Gasteiger charge is 2.02. The van der Waals surface area contributed by atoms with Gasteiger partial charge in [0.15, 0.2) is 0 Å². The molecule has 0 aliphatic rings. The Labute approximate surface area is 77.4 Å². The van der Waals surface area contributed by atoms with E-state index in [0.717, 1.165) is 17.5 Å². The Morgan fingerprint density at radius 2 is 2.31 bits per heavy atom. The lowest BCUT2D eigenvalue weighted by atomic mass is 10.0. The summed E-state index contributed by atoms with van der Waals surface area (Å²) in [6, 6.07) is 1.89. The van der Waals surface area contributed by atoms with E-state index in [0.29, 0.717) is 6.42 Å². The molecule has 3 heteroatoms. The molecule has 0 aliphatic heterocycles. The standard InChI is InChI=1S/C10H13NO2/c1-2-8-7-11-6-5-9(8)3-4-10(12)13/h5-7H,2-4H2,1H3,(H,12,13). The number of carbonyl (C=O) groups is 1. The number of hydrogen-bond acceptors (Lipinski definition) is 2. The van der Waals surface area contributed by atoms with Gasteiger partial charge in [0.25, 0.3) is 0 Å². The molecule has 0 fully saturated rings. The number of carboxylic acids is 1. The lowest BCUT2D eigenvalue weighted by molar-refractivity contribution is -0.136. The molecule has 1 aromatic heterocycles. The fourth-order valence-corrected chi connectivity index (χ4v) is 1.26. The summed E-state index contributed by atoms with van der Waals surface area (Å²) in [6.45, 7) is 2.04. The van der Waals surface area contributed by atoms with E-state index >= 15 is 0 Å². The fourth-order valence-electron chi connectivity index (χ4n) is 1.26. The third-order valence-electron chi connectivity index (χ3n) is 1.99. The molecule has 1 aromatic rings. The van der Waals surface area contributed by atoms with Crippen LogP contribution in [0.1, 0.15) is 24.5 Å². The van der Waals surface area contributed by atoms with Crippen molar-refractivity contribution in [1.82, 2.24) is 4.98 Å². The Morgan fingerprint density at radius 3 is 2.92 bits per heavy atom. The van der Waals surface area contributed by atoms with Crippen molar-refractivity contribution in [2.75, 3.05) is 0 Å². The van der Waals surface area contributed by atoms with Gasteiger partial charge in [-0.25, -0.2) is 0 Å². The highest BCUT2D eigenvalue weighted by atomic mass is 16.4. The molecule has 0 radical (unpaired) electrons. The molecule has 3 nitrogen and oxygen atoms in total. The lowest BCUT2D eigenvalue weighted by Crippen LogP contribution is -2.00. The largest absolute Gasteiger partial charge is 0.481 e. The van der Waals surface area contributed by atoms with Crippen LogP contribution in [0.2, 0.25) is 0 Å². The SMILES string of the molecule is CCc1cnccc1CCC(=O)O. The maximum Gasteiger partial charge on any atom is 0.303 e. The third kappa shape index (κ3) is 2.86. The maximum absolute atomic E-state index is 10.4. The van der Waals surface area contributed by atoms with Gasteiger partial charge in [-0.05, 0) is 30.0 Å². The van der Waals surface area contributed by atoms with E-state index < -0.39 is 5.97 Å². The van der Waals surface area contributed by atoms with E-state index in [1.54, 1.807) is 12.4 Å². The summed E-state index contributed by atoms with van der Waals surface area (Å²) in [5, 5.41) is 8.52. The minimum absolute atomic E-state index is 0.191. The number of aromatic nitrogens is 1. The Kier molecular flexibility index (Phi) is 3.43. The van der Waals surface area contributed by atoms with Crippen LogP contribution in [0.4, 0.5) is 0 Å². The molecule has 0 spiro atoms. The van der Waals surface area contributed by atoms with Crippen LogP contribution in [0.3, 0.4) is 0 Å².